The molecule has 0 unspecified atom stereocenters. The molecule has 0 saturated heterocycles. The van der Waals surface area contributed by atoms with Crippen LogP contribution in [0.4, 0.5) is 5.69 Å². The zero-order chi connectivity index (χ0) is 12.7. The van der Waals surface area contributed by atoms with Gasteiger partial charge in [-0.15, -0.1) is 0 Å². The zero-order valence-corrected chi connectivity index (χ0v) is 11.7. The number of nitrogens with one attached hydrogen (secondary N) is 1. The van der Waals surface area contributed by atoms with Gasteiger partial charge in [0.15, 0.2) is 0 Å². The van der Waals surface area contributed by atoms with Crippen LogP contribution in [0.1, 0.15) is 38.2 Å². The van der Waals surface area contributed by atoms with Crippen molar-refractivity contribution >= 4 is 17.3 Å². The second kappa shape index (κ2) is 7.44. The first-order valence-electron chi connectivity index (χ1n) is 6.27. The summed E-state index contributed by atoms with van der Waals surface area (Å²) in [4.78, 5) is 0. The molecule has 17 heavy (non-hydrogen) atoms. The van der Waals surface area contributed by atoms with Crippen molar-refractivity contribution in [1.82, 2.24) is 0 Å². The molecule has 1 aromatic rings. The molecular weight excluding hydrogens is 234 g/mol. The second-order valence-electron chi connectivity index (χ2n) is 4.29. The molecule has 0 aliphatic heterocycles. The van der Waals surface area contributed by atoms with Gasteiger partial charge in [-0.05, 0) is 25.0 Å². The van der Waals surface area contributed by atoms with Gasteiger partial charge in [-0.1, -0.05) is 37.8 Å². The molecule has 0 saturated carbocycles. The van der Waals surface area contributed by atoms with Gasteiger partial charge in [0, 0.05) is 17.6 Å². The maximum atomic E-state index is 6.06. The van der Waals surface area contributed by atoms with Crippen LogP contribution >= 0.6 is 11.6 Å². The molecule has 96 valence electrons. The number of rotatable bonds is 7. The van der Waals surface area contributed by atoms with Crippen LogP contribution in [0.5, 0.6) is 5.75 Å². The second-order valence-corrected chi connectivity index (χ2v) is 4.70. The summed E-state index contributed by atoms with van der Waals surface area (Å²) in [5.74, 6) is 0.816. The van der Waals surface area contributed by atoms with Crippen molar-refractivity contribution in [1.29, 1.82) is 0 Å². The van der Waals surface area contributed by atoms with E-state index in [4.69, 9.17) is 16.3 Å². The molecule has 0 spiro atoms. The minimum Gasteiger partial charge on any atom is -0.495 e. The monoisotopic (exact) mass is 255 g/mol. The topological polar surface area (TPSA) is 21.3 Å². The van der Waals surface area contributed by atoms with Crippen LogP contribution in [0.25, 0.3) is 0 Å². The fraction of sp³-hybridized carbons (Fsp3) is 0.571. The predicted octanol–water partition coefficient (Wildman–Crippen LogP) is 4.65. The number of unbranched alkanes of at least 4 members (excludes halogenated alkanes) is 3. The first-order valence-corrected chi connectivity index (χ1v) is 6.64. The third kappa shape index (κ3) is 4.47. The lowest BCUT2D eigenvalue weighted by Crippen LogP contribution is -2.03. The van der Waals surface area contributed by atoms with Gasteiger partial charge in [0.25, 0.3) is 0 Å². The molecule has 3 heteroatoms. The Morgan fingerprint density at radius 2 is 2.00 bits per heavy atom. The fourth-order valence-corrected chi connectivity index (χ4v) is 1.90. The summed E-state index contributed by atoms with van der Waals surface area (Å²) in [6, 6.07) is 3.91. The van der Waals surface area contributed by atoms with Crippen molar-refractivity contribution < 1.29 is 4.74 Å². The molecule has 1 N–H and O–H groups in total. The van der Waals surface area contributed by atoms with Gasteiger partial charge in [-0.3, -0.25) is 0 Å². The summed E-state index contributed by atoms with van der Waals surface area (Å²) in [6.45, 7) is 5.21. The summed E-state index contributed by atoms with van der Waals surface area (Å²) in [5, 5.41) is 4.16. The van der Waals surface area contributed by atoms with Gasteiger partial charge >= 0.3 is 0 Å². The van der Waals surface area contributed by atoms with Crippen LogP contribution in [0.3, 0.4) is 0 Å². The van der Waals surface area contributed by atoms with E-state index in [1.54, 1.807) is 7.11 Å². The minimum absolute atomic E-state index is 0.749. The number of aryl methyl sites for hydroxylation is 1. The van der Waals surface area contributed by atoms with E-state index in [0.29, 0.717) is 0 Å². The smallest absolute Gasteiger partial charge is 0.143 e. The van der Waals surface area contributed by atoms with Gasteiger partial charge in [-0.25, -0.2) is 0 Å². The van der Waals surface area contributed by atoms with Crippen LogP contribution < -0.4 is 10.1 Å². The summed E-state index contributed by atoms with van der Waals surface area (Å²) >= 11 is 6.06. The number of anilines is 1. The van der Waals surface area contributed by atoms with Crippen LogP contribution in [-0.4, -0.2) is 13.7 Å². The van der Waals surface area contributed by atoms with Crippen LogP contribution in [0, 0.1) is 6.92 Å². The molecule has 0 aliphatic rings. The summed E-state index contributed by atoms with van der Waals surface area (Å²) in [7, 11) is 1.67. The highest BCUT2D eigenvalue weighted by Gasteiger charge is 2.06. The quantitative estimate of drug-likeness (QED) is 0.716. The Hall–Kier alpha value is -0.890. The Balaban J connectivity index is 2.54. The van der Waals surface area contributed by atoms with Crippen molar-refractivity contribution in [2.45, 2.75) is 39.5 Å². The molecular formula is C14H22ClNO. The molecule has 0 heterocycles. The van der Waals surface area contributed by atoms with Crippen molar-refractivity contribution in [3.63, 3.8) is 0 Å². The van der Waals surface area contributed by atoms with Gasteiger partial charge in [0.2, 0.25) is 0 Å². The summed E-state index contributed by atoms with van der Waals surface area (Å²) < 4.78 is 5.31. The first kappa shape index (κ1) is 14.2. The molecule has 1 aromatic carbocycles. The lowest BCUT2D eigenvalue weighted by atomic mass is 10.2. The van der Waals surface area contributed by atoms with E-state index >= 15 is 0 Å². The lowest BCUT2D eigenvalue weighted by Gasteiger charge is -2.13. The standard InChI is InChI=1S/C14H22ClNO/c1-4-5-6-7-8-16-13-9-11(2)12(15)10-14(13)17-3/h9-10,16H,4-8H2,1-3H3. The maximum Gasteiger partial charge on any atom is 0.143 e. The van der Waals surface area contributed by atoms with Crippen molar-refractivity contribution in [3.8, 4) is 5.75 Å². The molecule has 0 aromatic heterocycles. The normalized spacial score (nSPS) is 10.4. The lowest BCUT2D eigenvalue weighted by molar-refractivity contribution is 0.416. The highest BCUT2D eigenvalue weighted by atomic mass is 35.5. The fourth-order valence-electron chi connectivity index (χ4n) is 1.75. The molecule has 0 amide bonds. The van der Waals surface area contributed by atoms with Crippen molar-refractivity contribution in [2.75, 3.05) is 19.0 Å². The SMILES string of the molecule is CCCCCCNc1cc(C)c(Cl)cc1OC. The van der Waals surface area contributed by atoms with Crippen LogP contribution in [0.2, 0.25) is 5.02 Å². The largest absolute Gasteiger partial charge is 0.495 e. The average molecular weight is 256 g/mol. The Kier molecular flexibility index (Phi) is 6.20. The van der Waals surface area contributed by atoms with Gasteiger partial charge < -0.3 is 10.1 Å². The number of hydrogen-bond acceptors (Lipinski definition) is 2. The maximum absolute atomic E-state index is 6.06. The van der Waals surface area contributed by atoms with Gasteiger partial charge in [0.1, 0.15) is 5.75 Å². The molecule has 0 radical (unpaired) electrons. The predicted molar refractivity (Wildman–Crippen MR) is 75.4 cm³/mol. The van der Waals surface area contributed by atoms with Crippen LogP contribution in [0.15, 0.2) is 12.1 Å². The van der Waals surface area contributed by atoms with E-state index in [9.17, 15) is 0 Å². The van der Waals surface area contributed by atoms with E-state index < -0.39 is 0 Å². The molecule has 0 atom stereocenters. The highest BCUT2D eigenvalue weighted by molar-refractivity contribution is 6.31. The molecule has 0 bridgehead atoms. The average Bonchev–Trinajstić information content (AvgIpc) is 2.33. The number of halogens is 1. The molecule has 2 nitrogen and oxygen atoms in total. The molecule has 0 fully saturated rings. The van der Waals surface area contributed by atoms with Gasteiger partial charge in [-0.2, -0.15) is 0 Å². The van der Waals surface area contributed by atoms with Gasteiger partial charge in [0.05, 0.1) is 12.8 Å². The van der Waals surface area contributed by atoms with E-state index in [-0.39, 0.29) is 0 Å². The van der Waals surface area contributed by atoms with Crippen LogP contribution in [-0.2, 0) is 0 Å². The Bertz CT molecular complexity index is 352. The molecule has 1 rings (SSSR count). The Labute approximate surface area is 109 Å². The third-order valence-corrected chi connectivity index (χ3v) is 3.23. The number of hydrogen-bond donors (Lipinski definition) is 1. The highest BCUT2D eigenvalue weighted by Crippen LogP contribution is 2.30. The minimum atomic E-state index is 0.749. The Morgan fingerprint density at radius 1 is 1.24 bits per heavy atom. The summed E-state index contributed by atoms with van der Waals surface area (Å²) in [6.07, 6.45) is 5.04. The van der Waals surface area contributed by atoms with E-state index in [0.717, 1.165) is 28.6 Å². The number of ether oxygens (including phenoxy) is 1. The zero-order valence-electron chi connectivity index (χ0n) is 11.0. The molecule has 0 aliphatic carbocycles. The van der Waals surface area contributed by atoms with E-state index in [1.165, 1.54) is 25.7 Å². The number of benzene rings is 1. The first-order chi connectivity index (χ1) is 8.19. The number of methoxy groups -OCH3 is 1. The summed E-state index contributed by atoms with van der Waals surface area (Å²) in [5.41, 5.74) is 2.11. The van der Waals surface area contributed by atoms with E-state index in [1.807, 2.05) is 19.1 Å². The van der Waals surface area contributed by atoms with Crippen molar-refractivity contribution in [3.05, 3.63) is 22.7 Å². The van der Waals surface area contributed by atoms with Crippen molar-refractivity contribution in [2.24, 2.45) is 0 Å². The Morgan fingerprint density at radius 3 is 2.65 bits per heavy atom. The van der Waals surface area contributed by atoms with E-state index in [2.05, 4.69) is 12.2 Å². The third-order valence-electron chi connectivity index (χ3n) is 2.83.